The lowest BCUT2D eigenvalue weighted by Crippen LogP contribution is -2.64. The highest BCUT2D eigenvalue weighted by atomic mass is 16.7. The first kappa shape index (κ1) is 23.8. The molecule has 1 aromatic rings. The van der Waals surface area contributed by atoms with Gasteiger partial charge in [0.25, 0.3) is 0 Å². The molecule has 0 bridgehead atoms. The molecule has 5 atom stereocenters. The molecule has 1 heterocycles. The highest BCUT2D eigenvalue weighted by Gasteiger charge is 2.45. The van der Waals surface area contributed by atoms with Gasteiger partial charge in [-0.05, 0) is 11.6 Å². The fourth-order valence-corrected chi connectivity index (χ4v) is 2.84. The fraction of sp³-hybridized carbons (Fsp3) is 0.500. The van der Waals surface area contributed by atoms with Crippen molar-refractivity contribution in [3.8, 4) is 0 Å². The molecule has 30 heavy (non-hydrogen) atoms. The third-order valence-corrected chi connectivity index (χ3v) is 4.36. The van der Waals surface area contributed by atoms with Crippen molar-refractivity contribution in [1.29, 1.82) is 0 Å². The summed E-state index contributed by atoms with van der Waals surface area (Å²) in [7, 11) is 0. The second-order valence-corrected chi connectivity index (χ2v) is 6.68. The highest BCUT2D eigenvalue weighted by molar-refractivity contribution is 5.73. The van der Waals surface area contributed by atoms with Crippen LogP contribution in [0.15, 0.2) is 42.5 Å². The summed E-state index contributed by atoms with van der Waals surface area (Å²) in [5, 5.41) is 34.5. The van der Waals surface area contributed by atoms with Crippen LogP contribution in [0.3, 0.4) is 0 Å². The normalized spacial score (nSPS) is 26.3. The van der Waals surface area contributed by atoms with Gasteiger partial charge in [-0.2, -0.15) is 0 Å². The number of benzene rings is 1. The molecule has 0 saturated carbocycles. The molecule has 166 valence electrons. The van der Waals surface area contributed by atoms with Crippen molar-refractivity contribution >= 4 is 12.0 Å². The van der Waals surface area contributed by atoms with E-state index in [1.54, 1.807) is 12.2 Å². The molecule has 0 aliphatic carbocycles. The van der Waals surface area contributed by atoms with E-state index in [1.165, 1.54) is 6.92 Å². The van der Waals surface area contributed by atoms with Crippen LogP contribution in [0.5, 0.6) is 0 Å². The zero-order valence-corrected chi connectivity index (χ0v) is 16.6. The third kappa shape index (κ3) is 7.39. The minimum Gasteiger partial charge on any atom is -0.445 e. The van der Waals surface area contributed by atoms with Crippen LogP contribution in [0.2, 0.25) is 0 Å². The number of hydrogen-bond donors (Lipinski definition) is 5. The molecule has 1 aliphatic heterocycles. The van der Waals surface area contributed by atoms with E-state index in [1.807, 2.05) is 30.3 Å². The van der Waals surface area contributed by atoms with E-state index in [0.29, 0.717) is 6.54 Å². The van der Waals surface area contributed by atoms with Gasteiger partial charge in [-0.25, -0.2) is 4.79 Å². The largest absolute Gasteiger partial charge is 0.445 e. The van der Waals surface area contributed by atoms with Gasteiger partial charge in [0.15, 0.2) is 6.29 Å². The molecule has 0 spiro atoms. The molecule has 10 nitrogen and oxygen atoms in total. The molecule has 10 heteroatoms. The number of carbonyl (C=O) groups excluding carboxylic acids is 2. The topological polar surface area (TPSA) is 147 Å². The SMILES string of the molecule is CC(=O)N[C@H]1[C@H](OC/C=C\COC(=O)NCc2ccccc2)O[C@H](CO)[C@@H](O)[C@@H]1O. The van der Waals surface area contributed by atoms with Crippen molar-refractivity contribution in [2.24, 2.45) is 0 Å². The van der Waals surface area contributed by atoms with Gasteiger partial charge in [0, 0.05) is 13.5 Å². The number of aliphatic hydroxyl groups is 3. The van der Waals surface area contributed by atoms with Crippen molar-refractivity contribution < 1.29 is 39.1 Å². The monoisotopic (exact) mass is 424 g/mol. The Balaban J connectivity index is 1.73. The van der Waals surface area contributed by atoms with Gasteiger partial charge in [0.1, 0.15) is 31.0 Å². The second-order valence-electron chi connectivity index (χ2n) is 6.68. The summed E-state index contributed by atoms with van der Waals surface area (Å²) in [6.07, 6.45) is -2.29. The lowest BCUT2D eigenvalue weighted by atomic mass is 9.97. The van der Waals surface area contributed by atoms with Crippen molar-refractivity contribution in [3.63, 3.8) is 0 Å². The fourth-order valence-electron chi connectivity index (χ4n) is 2.84. The molecule has 0 radical (unpaired) electrons. The van der Waals surface area contributed by atoms with Gasteiger partial charge in [-0.15, -0.1) is 0 Å². The predicted octanol–water partition coefficient (Wildman–Crippen LogP) is -0.571. The average molecular weight is 424 g/mol. The number of rotatable bonds is 9. The van der Waals surface area contributed by atoms with E-state index in [2.05, 4.69) is 10.6 Å². The van der Waals surface area contributed by atoms with E-state index < -0.39 is 49.3 Å². The summed E-state index contributed by atoms with van der Waals surface area (Å²) in [6, 6.07) is 8.40. The minimum atomic E-state index is -1.37. The average Bonchev–Trinajstić information content (AvgIpc) is 2.74. The van der Waals surface area contributed by atoms with E-state index in [-0.39, 0.29) is 13.2 Å². The maximum atomic E-state index is 11.6. The van der Waals surface area contributed by atoms with Crippen LogP contribution in [-0.2, 0) is 25.5 Å². The first-order chi connectivity index (χ1) is 14.4. The van der Waals surface area contributed by atoms with Crippen LogP contribution in [0, 0.1) is 0 Å². The molecule has 5 N–H and O–H groups in total. The summed E-state index contributed by atoms with van der Waals surface area (Å²) in [4.78, 5) is 23.0. The van der Waals surface area contributed by atoms with Crippen molar-refractivity contribution in [1.82, 2.24) is 10.6 Å². The van der Waals surface area contributed by atoms with Crippen LogP contribution in [-0.4, -0.2) is 77.8 Å². The second kappa shape index (κ2) is 12.3. The number of carbonyl (C=O) groups is 2. The summed E-state index contributed by atoms with van der Waals surface area (Å²) in [6.45, 7) is 1.14. The van der Waals surface area contributed by atoms with Gasteiger partial charge < -0.3 is 40.2 Å². The molecule has 0 unspecified atom stereocenters. The van der Waals surface area contributed by atoms with Crippen LogP contribution in [0.25, 0.3) is 0 Å². The Hall–Kier alpha value is -2.50. The molecule has 0 aromatic heterocycles. The van der Waals surface area contributed by atoms with Crippen molar-refractivity contribution in [3.05, 3.63) is 48.0 Å². The van der Waals surface area contributed by atoms with E-state index in [9.17, 15) is 24.9 Å². The Bertz CT molecular complexity index is 699. The number of hydrogen-bond acceptors (Lipinski definition) is 8. The van der Waals surface area contributed by atoms with Gasteiger partial charge in [-0.1, -0.05) is 36.4 Å². The molecule has 1 aliphatic rings. The highest BCUT2D eigenvalue weighted by Crippen LogP contribution is 2.22. The molecule has 1 fully saturated rings. The summed E-state index contributed by atoms with van der Waals surface area (Å²) in [5.74, 6) is -0.434. The van der Waals surface area contributed by atoms with Gasteiger partial charge in [-0.3, -0.25) is 4.79 Å². The van der Waals surface area contributed by atoms with Crippen LogP contribution >= 0.6 is 0 Å². The van der Waals surface area contributed by atoms with Gasteiger partial charge >= 0.3 is 6.09 Å². The van der Waals surface area contributed by atoms with Crippen molar-refractivity contribution in [2.75, 3.05) is 19.8 Å². The van der Waals surface area contributed by atoms with Crippen LogP contribution in [0.1, 0.15) is 12.5 Å². The summed E-state index contributed by atoms with van der Waals surface area (Å²) >= 11 is 0. The zero-order valence-electron chi connectivity index (χ0n) is 16.6. The summed E-state index contributed by atoms with van der Waals surface area (Å²) < 4.78 is 15.9. The maximum Gasteiger partial charge on any atom is 0.407 e. The number of alkyl carbamates (subject to hydrolysis) is 1. The van der Waals surface area contributed by atoms with Crippen LogP contribution in [0.4, 0.5) is 4.79 Å². The maximum absolute atomic E-state index is 11.6. The Morgan fingerprint density at radius 2 is 1.83 bits per heavy atom. The van der Waals surface area contributed by atoms with E-state index in [4.69, 9.17) is 14.2 Å². The number of ether oxygens (including phenoxy) is 3. The lowest BCUT2D eigenvalue weighted by molar-refractivity contribution is -0.267. The van der Waals surface area contributed by atoms with E-state index in [0.717, 1.165) is 5.56 Å². The van der Waals surface area contributed by atoms with Crippen molar-refractivity contribution in [2.45, 2.75) is 44.1 Å². The molecule has 1 saturated heterocycles. The van der Waals surface area contributed by atoms with E-state index >= 15 is 0 Å². The number of amides is 2. The quantitative estimate of drug-likeness (QED) is 0.331. The molecular weight excluding hydrogens is 396 g/mol. The molecule has 2 rings (SSSR count). The predicted molar refractivity (Wildman–Crippen MR) is 105 cm³/mol. The minimum absolute atomic E-state index is 0.0191. The van der Waals surface area contributed by atoms with Gasteiger partial charge in [0.2, 0.25) is 5.91 Å². The Kier molecular flexibility index (Phi) is 9.71. The summed E-state index contributed by atoms with van der Waals surface area (Å²) in [5.41, 5.74) is 0.952. The first-order valence-corrected chi connectivity index (χ1v) is 9.53. The third-order valence-electron chi connectivity index (χ3n) is 4.36. The molecule has 2 amide bonds. The smallest absolute Gasteiger partial charge is 0.407 e. The number of aliphatic hydroxyl groups excluding tert-OH is 3. The zero-order chi connectivity index (χ0) is 21.9. The lowest BCUT2D eigenvalue weighted by Gasteiger charge is -2.42. The standard InChI is InChI=1S/C20H28N2O8/c1-13(24)22-16-18(26)17(25)15(12-23)30-19(16)28-9-5-6-10-29-20(27)21-11-14-7-3-2-4-8-14/h2-8,15-19,23,25-26H,9-12H2,1H3,(H,21,27)(H,22,24)/b6-5-/t15-,16-,17-,18-,19-/m1/s1. The Labute approximate surface area is 174 Å². The molecule has 1 aromatic carbocycles. The molecular formula is C20H28N2O8. The van der Waals surface area contributed by atoms with Crippen LogP contribution < -0.4 is 10.6 Å². The number of nitrogens with one attached hydrogen (secondary N) is 2. The Morgan fingerprint density at radius 1 is 1.13 bits per heavy atom. The van der Waals surface area contributed by atoms with Gasteiger partial charge in [0.05, 0.1) is 13.2 Å². The Morgan fingerprint density at radius 3 is 2.50 bits per heavy atom. The first-order valence-electron chi connectivity index (χ1n) is 9.53.